The molecule has 27 heavy (non-hydrogen) atoms. The molecule has 2 N–H and O–H groups in total. The molecule has 0 unspecified atom stereocenters. The summed E-state index contributed by atoms with van der Waals surface area (Å²) in [6.45, 7) is 5.11. The van der Waals surface area contributed by atoms with Gasteiger partial charge >= 0.3 is 5.97 Å². The lowest BCUT2D eigenvalue weighted by molar-refractivity contribution is -0.114. The van der Waals surface area contributed by atoms with Crippen molar-refractivity contribution in [3.05, 3.63) is 54.1 Å². The topological polar surface area (TPSA) is 76.7 Å². The summed E-state index contributed by atoms with van der Waals surface area (Å²) in [4.78, 5) is 23.5. The fourth-order valence-corrected chi connectivity index (χ4v) is 2.28. The van der Waals surface area contributed by atoms with Gasteiger partial charge in [0.15, 0.2) is 0 Å². The number of nitrogens with one attached hydrogen (secondary N) is 2. The second kappa shape index (κ2) is 10.2. The van der Waals surface area contributed by atoms with Crippen molar-refractivity contribution in [1.29, 1.82) is 0 Å². The molecule has 0 aliphatic carbocycles. The number of hydrogen-bond acceptors (Lipinski definition) is 5. The fourth-order valence-electron chi connectivity index (χ4n) is 2.28. The molecule has 0 heterocycles. The molecule has 2 aromatic rings. The highest BCUT2D eigenvalue weighted by Gasteiger charge is 2.06. The van der Waals surface area contributed by atoms with Gasteiger partial charge in [-0.15, -0.1) is 0 Å². The molecule has 0 saturated heterocycles. The van der Waals surface area contributed by atoms with Crippen molar-refractivity contribution in [2.45, 2.75) is 20.3 Å². The lowest BCUT2D eigenvalue weighted by Gasteiger charge is -2.10. The number of carbonyl (C=O) groups is 2. The zero-order chi connectivity index (χ0) is 19.6. The molecule has 0 saturated carbocycles. The third-order valence-corrected chi connectivity index (χ3v) is 3.86. The molecule has 0 aliphatic rings. The third kappa shape index (κ3) is 7.01. The van der Waals surface area contributed by atoms with Gasteiger partial charge in [0, 0.05) is 11.4 Å². The predicted octanol–water partition coefficient (Wildman–Crippen LogP) is 3.95. The van der Waals surface area contributed by atoms with E-state index in [1.807, 2.05) is 24.3 Å². The van der Waals surface area contributed by atoms with E-state index in [-0.39, 0.29) is 12.5 Å². The maximum atomic E-state index is 12.1. The molecule has 0 aromatic heterocycles. The number of rotatable bonds is 9. The zero-order valence-electron chi connectivity index (χ0n) is 16.0. The Bertz CT molecular complexity index is 740. The van der Waals surface area contributed by atoms with E-state index in [1.165, 1.54) is 7.11 Å². The predicted molar refractivity (Wildman–Crippen MR) is 106 cm³/mol. The van der Waals surface area contributed by atoms with Gasteiger partial charge in [0.1, 0.15) is 5.75 Å². The zero-order valence-corrected chi connectivity index (χ0v) is 16.0. The Balaban J connectivity index is 1.77. The first-order valence-corrected chi connectivity index (χ1v) is 8.93. The van der Waals surface area contributed by atoms with Crippen LogP contribution >= 0.6 is 0 Å². The van der Waals surface area contributed by atoms with Crippen LogP contribution in [0.15, 0.2) is 48.5 Å². The van der Waals surface area contributed by atoms with E-state index in [0.29, 0.717) is 23.8 Å². The van der Waals surface area contributed by atoms with Crippen LogP contribution in [0.5, 0.6) is 5.75 Å². The lowest BCUT2D eigenvalue weighted by atomic mass is 10.1. The van der Waals surface area contributed by atoms with E-state index >= 15 is 0 Å². The highest BCUT2D eigenvalue weighted by Crippen LogP contribution is 2.16. The monoisotopic (exact) mass is 370 g/mol. The average molecular weight is 370 g/mol. The number of hydrogen-bond donors (Lipinski definition) is 2. The summed E-state index contributed by atoms with van der Waals surface area (Å²) in [6, 6.07) is 14.0. The third-order valence-electron chi connectivity index (χ3n) is 3.86. The summed E-state index contributed by atoms with van der Waals surface area (Å²) in [7, 11) is 1.34. The Hall–Kier alpha value is -3.02. The number of ether oxygens (including phenoxy) is 2. The van der Waals surface area contributed by atoms with E-state index in [2.05, 4.69) is 29.2 Å². The summed E-state index contributed by atoms with van der Waals surface area (Å²) in [6.07, 6.45) is 1.00. The molecule has 2 rings (SSSR count). The van der Waals surface area contributed by atoms with Crippen LogP contribution in [0.1, 0.15) is 30.6 Å². The van der Waals surface area contributed by atoms with E-state index < -0.39 is 5.97 Å². The standard InChI is InChI=1S/C21H26N2O4/c1-15(2)12-13-27-19-10-8-18(9-11-19)23-20(24)14-22-17-6-4-16(5-7-17)21(25)26-3/h4-11,15,22H,12-14H2,1-3H3,(H,23,24). The van der Waals surface area contributed by atoms with E-state index in [1.54, 1.807) is 24.3 Å². The molecule has 0 aliphatic heterocycles. The summed E-state index contributed by atoms with van der Waals surface area (Å²) in [5.74, 6) is 0.835. The highest BCUT2D eigenvalue weighted by molar-refractivity contribution is 5.94. The van der Waals surface area contributed by atoms with Crippen LogP contribution in [-0.4, -0.2) is 32.1 Å². The van der Waals surface area contributed by atoms with Gasteiger partial charge in [0.05, 0.1) is 25.8 Å². The van der Waals surface area contributed by atoms with Gasteiger partial charge in [-0.25, -0.2) is 4.79 Å². The summed E-state index contributed by atoms with van der Waals surface area (Å²) < 4.78 is 10.3. The molecule has 144 valence electrons. The first-order valence-electron chi connectivity index (χ1n) is 8.93. The number of benzene rings is 2. The lowest BCUT2D eigenvalue weighted by Crippen LogP contribution is -2.21. The minimum absolute atomic E-state index is 0.115. The maximum absolute atomic E-state index is 12.1. The molecule has 2 aromatic carbocycles. The van der Waals surface area contributed by atoms with Gasteiger partial charge < -0.3 is 20.1 Å². The Morgan fingerprint density at radius 3 is 2.19 bits per heavy atom. The fraction of sp³-hybridized carbons (Fsp3) is 0.333. The first-order chi connectivity index (χ1) is 13.0. The number of carbonyl (C=O) groups excluding carboxylic acids is 2. The Labute approximate surface area is 159 Å². The van der Waals surface area contributed by atoms with Crippen molar-refractivity contribution in [2.24, 2.45) is 5.92 Å². The van der Waals surface area contributed by atoms with Gasteiger partial charge in [-0.1, -0.05) is 13.8 Å². The molecule has 1 amide bonds. The van der Waals surface area contributed by atoms with Crippen LogP contribution in [0.4, 0.5) is 11.4 Å². The molecule has 6 heteroatoms. The highest BCUT2D eigenvalue weighted by atomic mass is 16.5. The van der Waals surface area contributed by atoms with Crippen molar-refractivity contribution in [3.63, 3.8) is 0 Å². The number of amides is 1. The molecule has 0 atom stereocenters. The summed E-state index contributed by atoms with van der Waals surface area (Å²) in [5, 5.41) is 5.83. The minimum atomic E-state index is -0.393. The van der Waals surface area contributed by atoms with E-state index in [4.69, 9.17) is 4.74 Å². The van der Waals surface area contributed by atoms with Gasteiger partial charge in [0.2, 0.25) is 5.91 Å². The second-order valence-corrected chi connectivity index (χ2v) is 6.53. The largest absolute Gasteiger partial charge is 0.494 e. The van der Waals surface area contributed by atoms with Crippen LogP contribution in [0, 0.1) is 5.92 Å². The van der Waals surface area contributed by atoms with Crippen molar-refractivity contribution in [1.82, 2.24) is 0 Å². The number of anilines is 2. The summed E-state index contributed by atoms with van der Waals surface area (Å²) in [5.41, 5.74) is 1.91. The van der Waals surface area contributed by atoms with E-state index in [9.17, 15) is 9.59 Å². The van der Waals surface area contributed by atoms with Crippen molar-refractivity contribution < 1.29 is 19.1 Å². The molecule has 0 bridgehead atoms. The molecule has 0 spiro atoms. The Morgan fingerprint density at radius 1 is 0.963 bits per heavy atom. The maximum Gasteiger partial charge on any atom is 0.337 e. The van der Waals surface area contributed by atoms with Gasteiger partial charge in [-0.05, 0) is 60.9 Å². The van der Waals surface area contributed by atoms with Crippen LogP contribution in [0.3, 0.4) is 0 Å². The van der Waals surface area contributed by atoms with E-state index in [0.717, 1.165) is 17.9 Å². The van der Waals surface area contributed by atoms with Gasteiger partial charge in [0.25, 0.3) is 0 Å². The molecule has 6 nitrogen and oxygen atoms in total. The second-order valence-electron chi connectivity index (χ2n) is 6.53. The van der Waals surface area contributed by atoms with Crippen molar-refractivity contribution in [3.8, 4) is 5.75 Å². The SMILES string of the molecule is COC(=O)c1ccc(NCC(=O)Nc2ccc(OCCC(C)C)cc2)cc1. The average Bonchev–Trinajstić information content (AvgIpc) is 2.67. The number of esters is 1. The Kier molecular flexibility index (Phi) is 7.67. The minimum Gasteiger partial charge on any atom is -0.494 e. The normalized spacial score (nSPS) is 10.4. The quantitative estimate of drug-likeness (QED) is 0.654. The summed E-state index contributed by atoms with van der Waals surface area (Å²) >= 11 is 0. The first kappa shape index (κ1) is 20.3. The van der Waals surface area contributed by atoms with Gasteiger partial charge in [-0.2, -0.15) is 0 Å². The van der Waals surface area contributed by atoms with Crippen LogP contribution < -0.4 is 15.4 Å². The van der Waals surface area contributed by atoms with Crippen molar-refractivity contribution in [2.75, 3.05) is 30.9 Å². The Morgan fingerprint density at radius 2 is 1.59 bits per heavy atom. The van der Waals surface area contributed by atoms with Crippen molar-refractivity contribution >= 4 is 23.3 Å². The molecular weight excluding hydrogens is 344 g/mol. The van der Waals surface area contributed by atoms with Crippen LogP contribution in [-0.2, 0) is 9.53 Å². The molecule has 0 fully saturated rings. The molecule has 0 radical (unpaired) electrons. The van der Waals surface area contributed by atoms with Crippen LogP contribution in [0.25, 0.3) is 0 Å². The smallest absolute Gasteiger partial charge is 0.337 e. The van der Waals surface area contributed by atoms with Crippen LogP contribution in [0.2, 0.25) is 0 Å². The van der Waals surface area contributed by atoms with Gasteiger partial charge in [-0.3, -0.25) is 4.79 Å². The number of methoxy groups -OCH3 is 1. The molecular formula is C21H26N2O4.